The quantitative estimate of drug-likeness (QED) is 0.179. The summed E-state index contributed by atoms with van der Waals surface area (Å²) < 4.78 is 5.62. The summed E-state index contributed by atoms with van der Waals surface area (Å²) in [5, 5.41) is 5.55. The predicted octanol–water partition coefficient (Wildman–Crippen LogP) is 0.625. The van der Waals surface area contributed by atoms with Crippen LogP contribution in [-0.4, -0.2) is 85.0 Å². The Morgan fingerprint density at radius 1 is 0.949 bits per heavy atom. The average Bonchev–Trinajstić information content (AvgIpc) is 2.90. The third-order valence-corrected chi connectivity index (χ3v) is 6.19. The van der Waals surface area contributed by atoms with Gasteiger partial charge in [-0.3, -0.25) is 19.5 Å². The normalized spacial score (nSPS) is 18.0. The molecule has 1 aromatic carbocycles. The second-order valence-electron chi connectivity index (χ2n) is 9.37. The van der Waals surface area contributed by atoms with E-state index in [0.29, 0.717) is 32.4 Å². The zero-order valence-electron chi connectivity index (χ0n) is 22.5. The first-order valence-electron chi connectivity index (χ1n) is 13.4. The summed E-state index contributed by atoms with van der Waals surface area (Å²) in [6, 6.07) is 8.08. The predicted molar refractivity (Wildman–Crippen MR) is 147 cm³/mol. The van der Waals surface area contributed by atoms with E-state index in [2.05, 4.69) is 15.6 Å². The Hall–Kier alpha value is -4.03. The van der Waals surface area contributed by atoms with Crippen molar-refractivity contribution in [2.24, 2.45) is 22.2 Å². The van der Waals surface area contributed by atoms with Gasteiger partial charge in [-0.25, -0.2) is 9.59 Å². The molecule has 13 heteroatoms. The summed E-state index contributed by atoms with van der Waals surface area (Å²) in [6.07, 6.45) is 3.49. The molecule has 0 bridgehead atoms. The molecule has 1 aromatic rings. The lowest BCUT2D eigenvalue weighted by atomic mass is 10.1. The van der Waals surface area contributed by atoms with Gasteiger partial charge >= 0.3 is 12.1 Å². The molecule has 0 saturated carbocycles. The second kappa shape index (κ2) is 17.5. The molecule has 2 rings (SSSR count). The number of hydrogen-bond donors (Lipinski definition) is 5. The van der Waals surface area contributed by atoms with Crippen LogP contribution in [0.5, 0.6) is 0 Å². The zero-order chi connectivity index (χ0) is 28.5. The Labute approximate surface area is 229 Å². The van der Waals surface area contributed by atoms with E-state index in [9.17, 15) is 19.2 Å². The number of nitrogens with zero attached hydrogens (tertiary/aromatic N) is 3. The van der Waals surface area contributed by atoms with E-state index in [1.54, 1.807) is 0 Å². The lowest BCUT2D eigenvalue weighted by Gasteiger charge is -2.34. The molecule has 1 fully saturated rings. The molecule has 0 spiro atoms. The number of nitrogens with two attached hydrogens (primary N) is 3. The van der Waals surface area contributed by atoms with Crippen LogP contribution >= 0.6 is 0 Å². The first-order chi connectivity index (χ1) is 18.8. The van der Waals surface area contributed by atoms with Crippen LogP contribution in [0, 0.1) is 0 Å². The van der Waals surface area contributed by atoms with Crippen molar-refractivity contribution in [1.29, 1.82) is 0 Å². The third kappa shape index (κ3) is 12.4. The van der Waals surface area contributed by atoms with Crippen LogP contribution in [-0.2, 0) is 20.9 Å². The fourth-order valence-corrected chi connectivity index (χ4v) is 4.24. The Kier molecular flexibility index (Phi) is 14.0. The van der Waals surface area contributed by atoms with E-state index in [1.165, 1.54) is 9.80 Å². The van der Waals surface area contributed by atoms with Crippen molar-refractivity contribution in [3.8, 4) is 0 Å². The molecule has 8 N–H and O–H groups in total. The van der Waals surface area contributed by atoms with Gasteiger partial charge in [-0.2, -0.15) is 0 Å². The summed E-state index contributed by atoms with van der Waals surface area (Å²) in [4.78, 5) is 57.8. The number of ether oxygens (including phenoxy) is 1. The van der Waals surface area contributed by atoms with Gasteiger partial charge in [0.1, 0.15) is 12.6 Å². The maximum atomic E-state index is 13.8. The number of rotatable bonds is 8. The lowest BCUT2D eigenvalue weighted by Crippen LogP contribution is -2.53. The summed E-state index contributed by atoms with van der Waals surface area (Å²) in [5.41, 5.74) is 17.2. The minimum Gasteiger partial charge on any atom is -0.445 e. The summed E-state index contributed by atoms with van der Waals surface area (Å²) in [7, 11) is 0. The van der Waals surface area contributed by atoms with Crippen molar-refractivity contribution in [3.05, 3.63) is 35.9 Å². The summed E-state index contributed by atoms with van der Waals surface area (Å²) in [5.74, 6) is -1.17. The first-order valence-corrected chi connectivity index (χ1v) is 13.4. The van der Waals surface area contributed by atoms with Crippen molar-refractivity contribution < 1.29 is 23.9 Å². The number of nitrogens with one attached hydrogen (secondary N) is 2. The monoisotopic (exact) mass is 546 g/mol. The van der Waals surface area contributed by atoms with E-state index >= 15 is 0 Å². The van der Waals surface area contributed by atoms with E-state index < -0.39 is 23.9 Å². The van der Waals surface area contributed by atoms with E-state index in [1.807, 2.05) is 30.3 Å². The second-order valence-corrected chi connectivity index (χ2v) is 9.37. The highest BCUT2D eigenvalue weighted by Crippen LogP contribution is 2.17. The van der Waals surface area contributed by atoms with Gasteiger partial charge < -0.3 is 37.5 Å². The Balaban J connectivity index is 2.30. The lowest BCUT2D eigenvalue weighted by molar-refractivity contribution is -0.140. The van der Waals surface area contributed by atoms with Crippen molar-refractivity contribution in [1.82, 2.24) is 20.4 Å². The smallest absolute Gasteiger partial charge is 0.410 e. The molecule has 0 radical (unpaired) electrons. The van der Waals surface area contributed by atoms with Crippen molar-refractivity contribution >= 4 is 29.9 Å². The van der Waals surface area contributed by atoms with Crippen LogP contribution in [0.15, 0.2) is 35.3 Å². The molecule has 0 aromatic heterocycles. The number of hydrogen-bond acceptors (Lipinski definition) is 6. The van der Waals surface area contributed by atoms with Gasteiger partial charge in [0.25, 0.3) is 0 Å². The van der Waals surface area contributed by atoms with Crippen molar-refractivity contribution in [2.75, 3.05) is 39.3 Å². The first kappa shape index (κ1) is 31.2. The molecule has 0 unspecified atom stereocenters. The maximum Gasteiger partial charge on any atom is 0.410 e. The molecule has 0 aliphatic carbocycles. The van der Waals surface area contributed by atoms with Crippen LogP contribution in [0.1, 0.15) is 50.5 Å². The van der Waals surface area contributed by atoms with E-state index in [0.717, 1.165) is 24.8 Å². The van der Waals surface area contributed by atoms with Gasteiger partial charge in [-0.15, -0.1) is 0 Å². The number of carbonyl (C=O) groups excluding carboxylic acids is 4. The number of carbonyl (C=O) groups is 4. The fourth-order valence-electron chi connectivity index (χ4n) is 4.24. The molecule has 1 atom stereocenters. The van der Waals surface area contributed by atoms with Gasteiger partial charge in [0.05, 0.1) is 6.54 Å². The summed E-state index contributed by atoms with van der Waals surface area (Å²) >= 11 is 0. The molecule has 1 aliphatic rings. The molecule has 5 amide bonds. The van der Waals surface area contributed by atoms with Gasteiger partial charge in [0.15, 0.2) is 5.96 Å². The van der Waals surface area contributed by atoms with Crippen LogP contribution in [0.2, 0.25) is 0 Å². The number of benzene rings is 1. The molecule has 216 valence electrons. The standard InChI is InChI=1S/C26H42N8O5/c27-22(35)18-33-16-9-15-32-25(37)31-13-6-1-2-7-17-34(21(23(33)36)12-8-14-30-24(28)29)26(38)39-19-20-10-4-3-5-11-20/h3-5,10-11,21H,1-2,6-9,12-19H2,(H2,27,35)(H4,28,29,30)(H2,31,32,37)/t21-/m0/s1. The third-order valence-electron chi connectivity index (χ3n) is 6.19. The number of urea groups is 1. The van der Waals surface area contributed by atoms with E-state index in [-0.39, 0.29) is 51.2 Å². The Morgan fingerprint density at radius 2 is 1.64 bits per heavy atom. The Morgan fingerprint density at radius 3 is 2.33 bits per heavy atom. The van der Waals surface area contributed by atoms with Gasteiger partial charge in [0.2, 0.25) is 11.8 Å². The highest BCUT2D eigenvalue weighted by Gasteiger charge is 2.34. The fraction of sp³-hybridized carbons (Fsp3) is 0.577. The highest BCUT2D eigenvalue weighted by molar-refractivity contribution is 5.89. The number of primary amides is 1. The number of amides is 5. The minimum atomic E-state index is -0.911. The SMILES string of the molecule is NC(=O)CN1CCCNC(=O)NCCCCCCN(C(=O)OCc2ccccc2)[C@@H](CCCN=C(N)N)C1=O. The average molecular weight is 547 g/mol. The molecule has 1 heterocycles. The molecule has 39 heavy (non-hydrogen) atoms. The van der Waals surface area contributed by atoms with Crippen LogP contribution in [0.4, 0.5) is 9.59 Å². The van der Waals surface area contributed by atoms with E-state index in [4.69, 9.17) is 21.9 Å². The largest absolute Gasteiger partial charge is 0.445 e. The number of guanidine groups is 1. The van der Waals surface area contributed by atoms with Crippen LogP contribution in [0.3, 0.4) is 0 Å². The van der Waals surface area contributed by atoms with Crippen LogP contribution in [0.25, 0.3) is 0 Å². The van der Waals surface area contributed by atoms with Gasteiger partial charge in [-0.1, -0.05) is 43.2 Å². The van der Waals surface area contributed by atoms with Crippen molar-refractivity contribution in [3.63, 3.8) is 0 Å². The van der Waals surface area contributed by atoms with Crippen LogP contribution < -0.4 is 27.8 Å². The minimum absolute atomic E-state index is 0.0570. The summed E-state index contributed by atoms with van der Waals surface area (Å²) in [6.45, 7) is 1.29. The van der Waals surface area contributed by atoms with Gasteiger partial charge in [0, 0.05) is 32.7 Å². The van der Waals surface area contributed by atoms with Crippen molar-refractivity contribution in [2.45, 2.75) is 57.6 Å². The zero-order valence-corrected chi connectivity index (χ0v) is 22.5. The highest BCUT2D eigenvalue weighted by atomic mass is 16.6. The molecule has 1 saturated heterocycles. The van der Waals surface area contributed by atoms with Gasteiger partial charge in [-0.05, 0) is 37.7 Å². The molecular formula is C26H42N8O5. The Bertz CT molecular complexity index is 955. The number of aliphatic imine (C=N–C) groups is 1. The molecule has 1 aliphatic heterocycles. The maximum absolute atomic E-state index is 13.8. The molecular weight excluding hydrogens is 504 g/mol. The molecule has 13 nitrogen and oxygen atoms in total. The topological polar surface area (TPSA) is 198 Å².